The van der Waals surface area contributed by atoms with Crippen molar-refractivity contribution in [3.63, 3.8) is 0 Å². The second-order valence-corrected chi connectivity index (χ2v) is 8.06. The topological polar surface area (TPSA) is 74.7 Å². The molecular formula is C16H23NO4S. The summed E-state index contributed by atoms with van der Waals surface area (Å²) < 4.78 is 27.3. The van der Waals surface area contributed by atoms with Crippen molar-refractivity contribution in [2.45, 2.75) is 50.5 Å². The number of sulfonamides is 1. The van der Waals surface area contributed by atoms with E-state index in [1.165, 1.54) is 12.1 Å². The number of hydrogen-bond acceptors (Lipinski definition) is 3. The molecule has 0 spiro atoms. The number of nitrogens with zero attached hydrogens (tertiary/aromatic N) is 1. The highest BCUT2D eigenvalue weighted by Gasteiger charge is 2.31. The van der Waals surface area contributed by atoms with Gasteiger partial charge in [-0.2, -0.15) is 4.31 Å². The number of hydrogen-bond donors (Lipinski definition) is 1. The molecule has 1 fully saturated rings. The van der Waals surface area contributed by atoms with E-state index >= 15 is 0 Å². The van der Waals surface area contributed by atoms with Crippen molar-refractivity contribution in [2.75, 3.05) is 6.54 Å². The highest BCUT2D eigenvalue weighted by Crippen LogP contribution is 2.27. The molecule has 0 bridgehead atoms. The van der Waals surface area contributed by atoms with Gasteiger partial charge in [-0.15, -0.1) is 0 Å². The van der Waals surface area contributed by atoms with E-state index < -0.39 is 16.0 Å². The van der Waals surface area contributed by atoms with Gasteiger partial charge in [-0.1, -0.05) is 25.5 Å². The molecule has 0 amide bonds. The van der Waals surface area contributed by atoms with Crippen LogP contribution < -0.4 is 0 Å². The van der Waals surface area contributed by atoms with Gasteiger partial charge in [-0.3, -0.25) is 4.79 Å². The first-order valence-corrected chi connectivity index (χ1v) is 9.07. The highest BCUT2D eigenvalue weighted by molar-refractivity contribution is 7.89. The average molecular weight is 325 g/mol. The monoisotopic (exact) mass is 325 g/mol. The summed E-state index contributed by atoms with van der Waals surface area (Å²) in [4.78, 5) is 10.9. The predicted octanol–water partition coefficient (Wildman–Crippen LogP) is 2.51. The number of rotatable bonds is 4. The van der Waals surface area contributed by atoms with Gasteiger partial charge in [0.2, 0.25) is 10.0 Å². The van der Waals surface area contributed by atoms with Gasteiger partial charge in [0.1, 0.15) is 0 Å². The third-order valence-corrected chi connectivity index (χ3v) is 6.18. The van der Waals surface area contributed by atoms with E-state index in [2.05, 4.69) is 6.92 Å². The Labute approximate surface area is 132 Å². The molecule has 0 aromatic heterocycles. The minimum atomic E-state index is -3.53. The molecule has 2 atom stereocenters. The van der Waals surface area contributed by atoms with Gasteiger partial charge in [-0.05, 0) is 43.4 Å². The second-order valence-electron chi connectivity index (χ2n) is 6.17. The zero-order valence-electron chi connectivity index (χ0n) is 13.0. The van der Waals surface area contributed by atoms with Gasteiger partial charge >= 0.3 is 5.97 Å². The number of carboxylic acid groups (broad SMARTS) is 1. The van der Waals surface area contributed by atoms with E-state index in [1.807, 2.05) is 6.92 Å². The molecule has 1 heterocycles. The van der Waals surface area contributed by atoms with Crippen LogP contribution in [0.25, 0.3) is 0 Å². The van der Waals surface area contributed by atoms with Crippen molar-refractivity contribution < 1.29 is 18.3 Å². The lowest BCUT2D eigenvalue weighted by Gasteiger charge is -2.27. The Kier molecular flexibility index (Phi) is 5.24. The summed E-state index contributed by atoms with van der Waals surface area (Å²) in [5.41, 5.74) is 0.601. The minimum absolute atomic E-state index is 0.00588. The third-order valence-electron chi connectivity index (χ3n) is 4.19. The van der Waals surface area contributed by atoms with Crippen LogP contribution in [0.1, 0.15) is 38.7 Å². The molecule has 0 aliphatic carbocycles. The predicted molar refractivity (Wildman–Crippen MR) is 84.2 cm³/mol. The second kappa shape index (κ2) is 6.79. The summed E-state index contributed by atoms with van der Waals surface area (Å²) in [5.74, 6) is -0.573. The molecule has 0 radical (unpaired) electrons. The number of carboxylic acids is 1. The maximum absolute atomic E-state index is 12.8. The van der Waals surface area contributed by atoms with Crippen LogP contribution in [-0.4, -0.2) is 36.4 Å². The molecule has 22 heavy (non-hydrogen) atoms. The molecule has 6 heteroatoms. The molecule has 0 saturated carbocycles. The van der Waals surface area contributed by atoms with E-state index in [-0.39, 0.29) is 17.4 Å². The van der Waals surface area contributed by atoms with Crippen molar-refractivity contribution in [1.29, 1.82) is 0 Å². The summed E-state index contributed by atoms with van der Waals surface area (Å²) in [6.45, 7) is 4.57. The first-order valence-electron chi connectivity index (χ1n) is 7.63. The molecule has 1 aromatic rings. The number of aliphatic carboxylic acids is 1. The molecule has 1 aromatic carbocycles. The number of benzene rings is 1. The highest BCUT2D eigenvalue weighted by atomic mass is 32.2. The smallest absolute Gasteiger partial charge is 0.307 e. The summed E-state index contributed by atoms with van der Waals surface area (Å²) in [6, 6.07) is 6.17. The van der Waals surface area contributed by atoms with Gasteiger partial charge < -0.3 is 5.11 Å². The van der Waals surface area contributed by atoms with Gasteiger partial charge in [0.15, 0.2) is 0 Å². The van der Waals surface area contributed by atoms with Crippen molar-refractivity contribution in [2.24, 2.45) is 5.92 Å². The Morgan fingerprint density at radius 1 is 1.23 bits per heavy atom. The largest absolute Gasteiger partial charge is 0.481 e. The quantitative estimate of drug-likeness (QED) is 0.923. The van der Waals surface area contributed by atoms with Crippen LogP contribution in [0.3, 0.4) is 0 Å². The molecule has 1 N–H and O–H groups in total. The summed E-state index contributed by atoms with van der Waals surface area (Å²) in [6.07, 6.45) is 2.87. The maximum atomic E-state index is 12.8. The van der Waals surface area contributed by atoms with Crippen LogP contribution >= 0.6 is 0 Å². The lowest BCUT2D eigenvalue weighted by atomic mass is 10.1. The van der Waals surface area contributed by atoms with Crippen molar-refractivity contribution in [1.82, 2.24) is 4.31 Å². The van der Waals surface area contributed by atoms with E-state index in [1.54, 1.807) is 16.4 Å². The van der Waals surface area contributed by atoms with Crippen LogP contribution in [-0.2, 0) is 21.2 Å². The molecule has 2 rings (SSSR count). The molecule has 1 aliphatic rings. The molecule has 5 nitrogen and oxygen atoms in total. The van der Waals surface area contributed by atoms with Crippen LogP contribution in [0.5, 0.6) is 0 Å². The van der Waals surface area contributed by atoms with E-state index in [0.29, 0.717) is 18.0 Å². The van der Waals surface area contributed by atoms with E-state index in [4.69, 9.17) is 5.11 Å². The average Bonchev–Trinajstić information content (AvgIpc) is 2.60. The molecule has 1 aliphatic heterocycles. The third kappa shape index (κ3) is 3.87. The Balaban J connectivity index is 2.26. The standard InChI is InChI=1S/C16H23NO4S/c1-12-4-3-5-13(2)17(11-12)22(20,21)15-8-6-14(7-9-15)10-16(18)19/h6-9,12-13H,3-5,10-11H2,1-2H3,(H,18,19). The molecule has 1 saturated heterocycles. The lowest BCUT2D eigenvalue weighted by Crippen LogP contribution is -2.39. The van der Waals surface area contributed by atoms with Crippen LogP contribution in [0, 0.1) is 5.92 Å². The summed E-state index contributed by atoms with van der Waals surface area (Å²) in [5, 5.41) is 8.77. The maximum Gasteiger partial charge on any atom is 0.307 e. The number of carbonyl (C=O) groups is 1. The van der Waals surface area contributed by atoms with Crippen LogP contribution in [0.15, 0.2) is 29.2 Å². The fourth-order valence-corrected chi connectivity index (χ4v) is 4.69. The van der Waals surface area contributed by atoms with E-state index in [9.17, 15) is 13.2 Å². The Bertz CT molecular complexity index is 624. The van der Waals surface area contributed by atoms with Crippen LogP contribution in [0.4, 0.5) is 0 Å². The van der Waals surface area contributed by atoms with Crippen molar-refractivity contribution >= 4 is 16.0 Å². The van der Waals surface area contributed by atoms with E-state index in [0.717, 1.165) is 19.3 Å². The molecule has 122 valence electrons. The normalized spacial score (nSPS) is 23.9. The Morgan fingerprint density at radius 2 is 1.86 bits per heavy atom. The Morgan fingerprint density at radius 3 is 2.45 bits per heavy atom. The van der Waals surface area contributed by atoms with Gasteiger partial charge in [0.25, 0.3) is 0 Å². The fourth-order valence-electron chi connectivity index (χ4n) is 2.91. The van der Waals surface area contributed by atoms with Crippen molar-refractivity contribution in [3.05, 3.63) is 29.8 Å². The summed E-state index contributed by atoms with van der Waals surface area (Å²) in [7, 11) is -3.53. The first kappa shape index (κ1) is 17.0. The van der Waals surface area contributed by atoms with Gasteiger partial charge in [-0.25, -0.2) is 8.42 Å². The SMILES string of the molecule is CC1CCCC(C)N(S(=O)(=O)c2ccc(CC(=O)O)cc2)C1. The van der Waals surface area contributed by atoms with Crippen LogP contribution in [0.2, 0.25) is 0 Å². The molecular weight excluding hydrogens is 302 g/mol. The summed E-state index contributed by atoms with van der Waals surface area (Å²) >= 11 is 0. The zero-order valence-corrected chi connectivity index (χ0v) is 13.8. The van der Waals surface area contributed by atoms with Gasteiger partial charge in [0, 0.05) is 12.6 Å². The first-order chi connectivity index (χ1) is 10.3. The van der Waals surface area contributed by atoms with Crippen molar-refractivity contribution in [3.8, 4) is 0 Å². The van der Waals surface area contributed by atoms with Gasteiger partial charge in [0.05, 0.1) is 11.3 Å². The Hall–Kier alpha value is -1.40. The molecule has 2 unspecified atom stereocenters. The minimum Gasteiger partial charge on any atom is -0.481 e. The lowest BCUT2D eigenvalue weighted by molar-refractivity contribution is -0.136. The fraction of sp³-hybridized carbons (Fsp3) is 0.562. The zero-order chi connectivity index (χ0) is 16.3.